The summed E-state index contributed by atoms with van der Waals surface area (Å²) in [5, 5.41) is 5.67. The molecule has 118 valence electrons. The zero-order chi connectivity index (χ0) is 16.0. The van der Waals surface area contributed by atoms with Crippen LogP contribution in [-0.4, -0.2) is 18.6 Å². The van der Waals surface area contributed by atoms with Crippen LogP contribution >= 0.6 is 0 Å². The maximum absolute atomic E-state index is 12.5. The van der Waals surface area contributed by atoms with E-state index in [0.29, 0.717) is 18.7 Å². The molecule has 1 aromatic rings. The molecular weight excluding hydrogens is 283 g/mol. The minimum Gasteiger partial charge on any atom is -0.382 e. The van der Waals surface area contributed by atoms with E-state index in [-0.39, 0.29) is 12.0 Å². The molecule has 1 rings (SSSR count). The van der Waals surface area contributed by atoms with E-state index in [9.17, 15) is 18.0 Å². The van der Waals surface area contributed by atoms with Crippen LogP contribution in [-0.2, 0) is 6.18 Å². The van der Waals surface area contributed by atoms with E-state index in [0.717, 1.165) is 12.1 Å². The van der Waals surface area contributed by atoms with Gasteiger partial charge in [0.15, 0.2) is 0 Å². The van der Waals surface area contributed by atoms with E-state index < -0.39 is 17.8 Å². The van der Waals surface area contributed by atoms with Crippen molar-refractivity contribution in [1.82, 2.24) is 5.32 Å². The number of primary amides is 1. The minimum atomic E-state index is -4.33. The molecular formula is C14H20F3N3O. The van der Waals surface area contributed by atoms with Crippen molar-refractivity contribution in [2.75, 3.05) is 11.9 Å². The van der Waals surface area contributed by atoms with Gasteiger partial charge in [-0.15, -0.1) is 0 Å². The van der Waals surface area contributed by atoms with E-state index in [4.69, 9.17) is 5.73 Å². The van der Waals surface area contributed by atoms with Crippen molar-refractivity contribution in [3.63, 3.8) is 0 Å². The first-order valence-electron chi connectivity index (χ1n) is 6.67. The quantitative estimate of drug-likeness (QED) is 0.755. The van der Waals surface area contributed by atoms with Crippen molar-refractivity contribution >= 4 is 11.7 Å². The number of carbonyl (C=O) groups excluding carboxylic acids is 1. The third-order valence-corrected chi connectivity index (χ3v) is 3.12. The number of alkyl halides is 3. The number of hydrogen-bond acceptors (Lipinski definition) is 2. The number of hydrogen-bond donors (Lipinski definition) is 3. The molecule has 0 spiro atoms. The molecule has 0 heterocycles. The molecule has 0 saturated heterocycles. The zero-order valence-electron chi connectivity index (χ0n) is 12.0. The Morgan fingerprint density at radius 2 is 1.81 bits per heavy atom. The maximum Gasteiger partial charge on any atom is 0.416 e. The second-order valence-electron chi connectivity index (χ2n) is 5.15. The van der Waals surface area contributed by atoms with Crippen LogP contribution in [0.4, 0.5) is 23.7 Å². The Bertz CT molecular complexity index is 458. The van der Waals surface area contributed by atoms with E-state index >= 15 is 0 Å². The summed E-state index contributed by atoms with van der Waals surface area (Å²) >= 11 is 0. The van der Waals surface area contributed by atoms with Gasteiger partial charge in [-0.25, -0.2) is 4.79 Å². The van der Waals surface area contributed by atoms with Gasteiger partial charge in [-0.3, -0.25) is 0 Å². The predicted octanol–water partition coefficient (Wildman–Crippen LogP) is 3.20. The van der Waals surface area contributed by atoms with E-state index in [1.807, 2.05) is 13.8 Å². The van der Waals surface area contributed by atoms with Crippen LogP contribution in [0.15, 0.2) is 24.3 Å². The van der Waals surface area contributed by atoms with Crippen LogP contribution < -0.4 is 16.4 Å². The number of benzene rings is 1. The number of nitrogens with two attached hydrogens (primary N) is 1. The maximum atomic E-state index is 12.5. The first-order valence-corrected chi connectivity index (χ1v) is 6.67. The molecule has 0 aliphatic rings. The minimum absolute atomic E-state index is 0.0218. The van der Waals surface area contributed by atoms with Gasteiger partial charge < -0.3 is 16.4 Å². The molecule has 1 unspecified atom stereocenters. The molecule has 0 radical (unpaired) electrons. The summed E-state index contributed by atoms with van der Waals surface area (Å²) < 4.78 is 37.4. The molecule has 21 heavy (non-hydrogen) atoms. The standard InChI is InChI=1S/C14H20F3N3O/c1-9(2)12(7-8-19-13(18)21)20-11-5-3-10(4-6-11)14(15,16)17/h3-6,9,12,20H,7-8H2,1-2H3,(H3,18,19,21). The Balaban J connectivity index is 2.64. The lowest BCUT2D eigenvalue weighted by Gasteiger charge is -2.24. The third-order valence-electron chi connectivity index (χ3n) is 3.12. The monoisotopic (exact) mass is 303 g/mol. The lowest BCUT2D eigenvalue weighted by atomic mass is 10.0. The van der Waals surface area contributed by atoms with Gasteiger partial charge in [0.1, 0.15) is 0 Å². The Labute approximate surface area is 121 Å². The van der Waals surface area contributed by atoms with Gasteiger partial charge in [0.05, 0.1) is 5.56 Å². The topological polar surface area (TPSA) is 67.1 Å². The van der Waals surface area contributed by atoms with Crippen molar-refractivity contribution in [2.24, 2.45) is 11.7 Å². The molecule has 0 fully saturated rings. The van der Waals surface area contributed by atoms with Crippen molar-refractivity contribution in [3.05, 3.63) is 29.8 Å². The highest BCUT2D eigenvalue weighted by molar-refractivity contribution is 5.71. The molecule has 0 bridgehead atoms. The number of carbonyl (C=O) groups is 1. The summed E-state index contributed by atoms with van der Waals surface area (Å²) in [6, 6.07) is 4.32. The fraction of sp³-hybridized carbons (Fsp3) is 0.500. The average Bonchev–Trinajstić information content (AvgIpc) is 2.36. The molecule has 0 aliphatic heterocycles. The normalized spacial score (nSPS) is 13.0. The van der Waals surface area contributed by atoms with Crippen LogP contribution in [0, 0.1) is 5.92 Å². The van der Waals surface area contributed by atoms with Gasteiger partial charge in [-0.1, -0.05) is 13.8 Å². The molecule has 4 nitrogen and oxygen atoms in total. The molecule has 4 N–H and O–H groups in total. The molecule has 1 atom stereocenters. The molecule has 0 aliphatic carbocycles. The molecule has 1 aromatic carbocycles. The summed E-state index contributed by atoms with van der Waals surface area (Å²) in [6.45, 7) is 4.39. The molecule has 2 amide bonds. The largest absolute Gasteiger partial charge is 0.416 e. The third kappa shape index (κ3) is 5.93. The van der Waals surface area contributed by atoms with Gasteiger partial charge in [-0.05, 0) is 36.6 Å². The summed E-state index contributed by atoms with van der Waals surface area (Å²) in [5.74, 6) is 0.252. The fourth-order valence-corrected chi connectivity index (χ4v) is 1.89. The summed E-state index contributed by atoms with van der Waals surface area (Å²) in [6.07, 6.45) is -3.71. The SMILES string of the molecule is CC(C)C(CCNC(N)=O)Nc1ccc(C(F)(F)F)cc1. The van der Waals surface area contributed by atoms with Gasteiger partial charge in [0.2, 0.25) is 0 Å². The Morgan fingerprint density at radius 3 is 2.24 bits per heavy atom. The first-order chi connectivity index (χ1) is 9.70. The summed E-state index contributed by atoms with van der Waals surface area (Å²) in [7, 11) is 0. The van der Waals surface area contributed by atoms with Crippen molar-refractivity contribution < 1.29 is 18.0 Å². The van der Waals surface area contributed by atoms with Crippen molar-refractivity contribution in [2.45, 2.75) is 32.5 Å². The number of anilines is 1. The molecule has 0 aromatic heterocycles. The number of halogens is 3. The molecule has 7 heteroatoms. The van der Waals surface area contributed by atoms with E-state index in [1.54, 1.807) is 0 Å². The lowest BCUT2D eigenvalue weighted by molar-refractivity contribution is -0.137. The Kier molecular flexibility index (Phi) is 5.87. The predicted molar refractivity (Wildman–Crippen MR) is 75.9 cm³/mol. The van der Waals surface area contributed by atoms with Gasteiger partial charge in [0.25, 0.3) is 0 Å². The van der Waals surface area contributed by atoms with Gasteiger partial charge >= 0.3 is 12.2 Å². The fourth-order valence-electron chi connectivity index (χ4n) is 1.89. The van der Waals surface area contributed by atoms with Gasteiger partial charge in [-0.2, -0.15) is 13.2 Å². The smallest absolute Gasteiger partial charge is 0.382 e. The zero-order valence-corrected chi connectivity index (χ0v) is 12.0. The van der Waals surface area contributed by atoms with E-state index in [2.05, 4.69) is 10.6 Å². The average molecular weight is 303 g/mol. The van der Waals surface area contributed by atoms with Gasteiger partial charge in [0, 0.05) is 18.3 Å². The van der Waals surface area contributed by atoms with E-state index in [1.165, 1.54) is 12.1 Å². The first kappa shape index (κ1) is 17.1. The lowest BCUT2D eigenvalue weighted by Crippen LogP contribution is -2.35. The van der Waals surface area contributed by atoms with Crippen molar-refractivity contribution in [3.8, 4) is 0 Å². The van der Waals surface area contributed by atoms with Crippen LogP contribution in [0.25, 0.3) is 0 Å². The summed E-state index contributed by atoms with van der Waals surface area (Å²) in [4.78, 5) is 10.6. The highest BCUT2D eigenvalue weighted by atomic mass is 19.4. The highest BCUT2D eigenvalue weighted by Gasteiger charge is 2.30. The van der Waals surface area contributed by atoms with Crippen LogP contribution in [0.5, 0.6) is 0 Å². The number of urea groups is 1. The van der Waals surface area contributed by atoms with Crippen LogP contribution in [0.1, 0.15) is 25.8 Å². The van der Waals surface area contributed by atoms with Crippen LogP contribution in [0.3, 0.4) is 0 Å². The number of nitrogens with one attached hydrogen (secondary N) is 2. The van der Waals surface area contributed by atoms with Crippen molar-refractivity contribution in [1.29, 1.82) is 0 Å². The Hall–Kier alpha value is -1.92. The second-order valence-corrected chi connectivity index (χ2v) is 5.15. The second kappa shape index (κ2) is 7.19. The number of rotatable bonds is 6. The summed E-state index contributed by atoms with van der Waals surface area (Å²) in [5.41, 5.74) is 4.92. The van der Waals surface area contributed by atoms with Crippen LogP contribution in [0.2, 0.25) is 0 Å². The highest BCUT2D eigenvalue weighted by Crippen LogP contribution is 2.30. The Morgan fingerprint density at radius 1 is 1.24 bits per heavy atom. The molecule has 0 saturated carbocycles. The number of amides is 2.